The summed E-state index contributed by atoms with van der Waals surface area (Å²) in [6.45, 7) is 9.54. The summed E-state index contributed by atoms with van der Waals surface area (Å²) >= 11 is 0. The summed E-state index contributed by atoms with van der Waals surface area (Å²) in [6, 6.07) is 13.3. The number of aromatic nitrogens is 1. The smallest absolute Gasteiger partial charge is 0.335 e. The molecule has 0 saturated heterocycles. The highest BCUT2D eigenvalue weighted by Crippen LogP contribution is 2.32. The Morgan fingerprint density at radius 2 is 1.82 bits per heavy atom. The number of pyridine rings is 1. The molecule has 0 fully saturated rings. The van der Waals surface area contributed by atoms with Crippen LogP contribution in [0.15, 0.2) is 54.9 Å². The minimum atomic E-state index is -0.900. The maximum Gasteiger partial charge on any atom is 0.335 e. The van der Waals surface area contributed by atoms with Crippen LogP contribution in [-0.2, 0) is 0 Å². The molecule has 0 aliphatic rings. The molecule has 0 spiro atoms. The van der Waals surface area contributed by atoms with Gasteiger partial charge in [-0.1, -0.05) is 32.0 Å². The first-order chi connectivity index (χ1) is 15.8. The predicted molar refractivity (Wildman–Crippen MR) is 130 cm³/mol. The fraction of sp³-hybridized carbons (Fsp3) is 0.333. The summed E-state index contributed by atoms with van der Waals surface area (Å²) in [5.41, 5.74) is 6.03. The van der Waals surface area contributed by atoms with Gasteiger partial charge in [0.25, 0.3) is 0 Å². The summed E-state index contributed by atoms with van der Waals surface area (Å²) in [7, 11) is 0. The third kappa shape index (κ3) is 6.18. The maximum atomic E-state index is 11.5. The molecule has 3 aromatic rings. The quantitative estimate of drug-likeness (QED) is 0.383. The van der Waals surface area contributed by atoms with Gasteiger partial charge in [0.05, 0.1) is 11.7 Å². The van der Waals surface area contributed by atoms with Crippen molar-refractivity contribution in [2.75, 3.05) is 19.7 Å². The van der Waals surface area contributed by atoms with E-state index >= 15 is 0 Å². The van der Waals surface area contributed by atoms with E-state index in [0.717, 1.165) is 39.1 Å². The first kappa shape index (κ1) is 24.4. The zero-order valence-electron chi connectivity index (χ0n) is 19.6. The Morgan fingerprint density at radius 3 is 2.42 bits per heavy atom. The van der Waals surface area contributed by atoms with Gasteiger partial charge >= 0.3 is 5.97 Å². The van der Waals surface area contributed by atoms with Crippen molar-refractivity contribution in [3.63, 3.8) is 0 Å². The van der Waals surface area contributed by atoms with Gasteiger partial charge in [-0.05, 0) is 71.8 Å². The fourth-order valence-electron chi connectivity index (χ4n) is 3.91. The van der Waals surface area contributed by atoms with Crippen molar-refractivity contribution in [2.24, 2.45) is 0 Å². The Bertz CT molecular complexity index is 1070. The number of aliphatic hydroxyl groups is 1. The molecule has 3 N–H and O–H groups in total. The van der Waals surface area contributed by atoms with Crippen LogP contribution in [0.4, 0.5) is 0 Å². The van der Waals surface area contributed by atoms with E-state index in [0.29, 0.717) is 25.3 Å². The standard InChI is InChI=1S/C27H32N2O4/c1-17(2)24-14-20(7-8-23(24)27(31)32)22-12-18(3)26(19(4)13-22)33-11-10-29-16-25(30)21-6-5-9-28-15-21/h5-9,12-15,17,25,29-30H,10-11,16H2,1-4H3,(H,31,32). The number of benzene rings is 2. The van der Waals surface area contributed by atoms with Crippen LogP contribution in [0.3, 0.4) is 0 Å². The summed E-state index contributed by atoms with van der Waals surface area (Å²) in [4.78, 5) is 15.6. The molecule has 1 atom stereocenters. The molecule has 3 rings (SSSR count). The van der Waals surface area contributed by atoms with Gasteiger partial charge < -0.3 is 20.3 Å². The zero-order valence-corrected chi connectivity index (χ0v) is 19.6. The number of ether oxygens (including phenoxy) is 1. The highest BCUT2D eigenvalue weighted by molar-refractivity contribution is 5.90. The minimum Gasteiger partial charge on any atom is -0.492 e. The summed E-state index contributed by atoms with van der Waals surface area (Å²) in [5.74, 6) is 0.0625. The Hall–Kier alpha value is -3.22. The van der Waals surface area contributed by atoms with Crippen molar-refractivity contribution >= 4 is 5.97 Å². The molecular formula is C27H32N2O4. The van der Waals surface area contributed by atoms with Gasteiger partial charge in [-0.3, -0.25) is 4.98 Å². The van der Waals surface area contributed by atoms with Crippen LogP contribution in [0.5, 0.6) is 5.75 Å². The number of rotatable bonds is 10. The molecular weight excluding hydrogens is 416 g/mol. The molecule has 2 aromatic carbocycles. The molecule has 0 amide bonds. The number of nitrogens with one attached hydrogen (secondary N) is 1. The highest BCUT2D eigenvalue weighted by atomic mass is 16.5. The first-order valence-electron chi connectivity index (χ1n) is 11.2. The van der Waals surface area contributed by atoms with Gasteiger partial charge in [-0.15, -0.1) is 0 Å². The lowest BCUT2D eigenvalue weighted by atomic mass is 9.91. The minimum absolute atomic E-state index is 0.116. The number of aromatic carboxylic acids is 1. The van der Waals surface area contributed by atoms with Crippen molar-refractivity contribution in [3.8, 4) is 16.9 Å². The second-order valence-electron chi connectivity index (χ2n) is 8.56. The van der Waals surface area contributed by atoms with Crippen molar-refractivity contribution < 1.29 is 19.7 Å². The molecule has 6 heteroatoms. The van der Waals surface area contributed by atoms with E-state index in [9.17, 15) is 15.0 Å². The predicted octanol–water partition coefficient (Wildman–Crippen LogP) is 4.89. The SMILES string of the molecule is Cc1cc(-c2ccc(C(=O)O)c(C(C)C)c2)cc(C)c1OCCNCC(O)c1cccnc1. The second-order valence-corrected chi connectivity index (χ2v) is 8.56. The number of nitrogens with zero attached hydrogens (tertiary/aromatic N) is 1. The van der Waals surface area contributed by atoms with Gasteiger partial charge in [0.2, 0.25) is 0 Å². The lowest BCUT2D eigenvalue weighted by molar-refractivity contribution is 0.0695. The third-order valence-corrected chi connectivity index (χ3v) is 5.63. The van der Waals surface area contributed by atoms with Crippen LogP contribution in [0, 0.1) is 13.8 Å². The molecule has 174 valence electrons. The maximum absolute atomic E-state index is 11.5. The average Bonchev–Trinajstić information content (AvgIpc) is 2.80. The van der Waals surface area contributed by atoms with Crippen molar-refractivity contribution in [1.29, 1.82) is 0 Å². The van der Waals surface area contributed by atoms with Gasteiger partial charge in [-0.25, -0.2) is 4.79 Å². The number of aryl methyl sites for hydroxylation is 2. The van der Waals surface area contributed by atoms with Gasteiger partial charge in [0, 0.05) is 31.0 Å². The first-order valence-corrected chi connectivity index (χ1v) is 11.2. The summed E-state index contributed by atoms with van der Waals surface area (Å²) in [6.07, 6.45) is 2.74. The largest absolute Gasteiger partial charge is 0.492 e. The Kier molecular flexibility index (Phi) is 8.20. The van der Waals surface area contributed by atoms with E-state index in [-0.39, 0.29) is 5.92 Å². The number of hydrogen-bond acceptors (Lipinski definition) is 5. The van der Waals surface area contributed by atoms with Crippen LogP contribution >= 0.6 is 0 Å². The second kappa shape index (κ2) is 11.1. The Labute approximate surface area is 195 Å². The van der Waals surface area contributed by atoms with E-state index in [4.69, 9.17) is 4.74 Å². The van der Waals surface area contributed by atoms with Gasteiger partial charge in [-0.2, -0.15) is 0 Å². The molecule has 6 nitrogen and oxygen atoms in total. The molecule has 0 bridgehead atoms. The molecule has 1 aromatic heterocycles. The molecule has 33 heavy (non-hydrogen) atoms. The lowest BCUT2D eigenvalue weighted by Gasteiger charge is -2.17. The van der Waals surface area contributed by atoms with Crippen molar-refractivity contribution in [3.05, 3.63) is 82.7 Å². The number of aliphatic hydroxyl groups excluding tert-OH is 1. The van der Waals surface area contributed by atoms with E-state index in [1.807, 2.05) is 45.9 Å². The van der Waals surface area contributed by atoms with Gasteiger partial charge in [0.1, 0.15) is 12.4 Å². The molecule has 0 radical (unpaired) electrons. The molecule has 1 unspecified atom stereocenters. The number of carbonyl (C=O) groups is 1. The number of hydrogen-bond donors (Lipinski definition) is 3. The monoisotopic (exact) mass is 448 g/mol. The summed E-state index contributed by atoms with van der Waals surface area (Å²) < 4.78 is 6.02. The average molecular weight is 449 g/mol. The lowest BCUT2D eigenvalue weighted by Crippen LogP contribution is -2.26. The Morgan fingerprint density at radius 1 is 1.09 bits per heavy atom. The van der Waals surface area contributed by atoms with Crippen molar-refractivity contribution in [1.82, 2.24) is 10.3 Å². The normalized spacial score (nSPS) is 12.1. The number of carboxylic acids is 1. The van der Waals surface area contributed by atoms with Crippen LogP contribution in [0.2, 0.25) is 0 Å². The molecule has 0 aliphatic heterocycles. The summed E-state index contributed by atoms with van der Waals surface area (Å²) in [5, 5.41) is 22.9. The molecule has 1 heterocycles. The van der Waals surface area contributed by atoms with Crippen LogP contribution < -0.4 is 10.1 Å². The number of carboxylic acid groups (broad SMARTS) is 1. The van der Waals surface area contributed by atoms with E-state index < -0.39 is 12.1 Å². The Balaban J connectivity index is 1.63. The van der Waals surface area contributed by atoms with Crippen LogP contribution in [-0.4, -0.2) is 40.9 Å². The van der Waals surface area contributed by atoms with Crippen molar-refractivity contribution in [2.45, 2.75) is 39.7 Å². The van der Waals surface area contributed by atoms with Crippen LogP contribution in [0.25, 0.3) is 11.1 Å². The zero-order chi connectivity index (χ0) is 24.0. The highest BCUT2D eigenvalue weighted by Gasteiger charge is 2.15. The van der Waals surface area contributed by atoms with Crippen LogP contribution in [0.1, 0.15) is 58.5 Å². The van der Waals surface area contributed by atoms with E-state index in [2.05, 4.69) is 22.4 Å². The molecule has 0 saturated carbocycles. The van der Waals surface area contributed by atoms with E-state index in [1.165, 1.54) is 0 Å². The van der Waals surface area contributed by atoms with Gasteiger partial charge in [0.15, 0.2) is 0 Å². The molecule has 0 aliphatic carbocycles. The van der Waals surface area contributed by atoms with E-state index in [1.54, 1.807) is 24.5 Å². The third-order valence-electron chi connectivity index (χ3n) is 5.63. The topological polar surface area (TPSA) is 91.7 Å². The fourth-order valence-corrected chi connectivity index (χ4v) is 3.91.